The molecule has 0 atom stereocenters. The number of carbonyl (C=O) groups is 1. The van der Waals surface area contributed by atoms with Gasteiger partial charge in [0.25, 0.3) is 0 Å². The normalized spacial score (nSPS) is 16.1. The average molecular weight is 316 g/mol. The van der Waals surface area contributed by atoms with Crippen LogP contribution >= 0.6 is 0 Å². The van der Waals surface area contributed by atoms with E-state index >= 15 is 0 Å². The number of rotatable bonds is 6. The third-order valence-corrected chi connectivity index (χ3v) is 4.88. The lowest BCUT2D eigenvalue weighted by Crippen LogP contribution is -2.28. The van der Waals surface area contributed by atoms with E-state index in [4.69, 9.17) is 0 Å². The zero-order chi connectivity index (χ0) is 16.8. The third kappa shape index (κ3) is 5.35. The lowest BCUT2D eigenvalue weighted by molar-refractivity contribution is -0.116. The summed E-state index contributed by atoms with van der Waals surface area (Å²) in [5, 5.41) is 6.52. The third-order valence-electron chi connectivity index (χ3n) is 4.88. The van der Waals surface area contributed by atoms with Gasteiger partial charge < -0.3 is 10.6 Å². The fourth-order valence-electron chi connectivity index (χ4n) is 3.25. The van der Waals surface area contributed by atoms with Crippen molar-refractivity contribution < 1.29 is 4.79 Å². The highest BCUT2D eigenvalue weighted by Gasteiger charge is 2.16. The van der Waals surface area contributed by atoms with Crippen LogP contribution in [0, 0.1) is 5.92 Å². The van der Waals surface area contributed by atoms with Gasteiger partial charge in [0, 0.05) is 12.1 Å². The molecular weight excluding hydrogens is 284 g/mol. The molecule has 1 heterocycles. The summed E-state index contributed by atoms with van der Waals surface area (Å²) in [6.07, 6.45) is 4.05. The Bertz CT molecular complexity index is 516. The predicted molar refractivity (Wildman–Crippen MR) is 98.1 cm³/mol. The summed E-state index contributed by atoms with van der Waals surface area (Å²) < 4.78 is 0. The molecule has 0 radical (unpaired) electrons. The number of nitrogens with one attached hydrogen (secondary N) is 2. The van der Waals surface area contributed by atoms with Gasteiger partial charge in [0.15, 0.2) is 0 Å². The van der Waals surface area contributed by atoms with Crippen molar-refractivity contribution in [3.8, 4) is 0 Å². The van der Waals surface area contributed by atoms with Crippen molar-refractivity contribution >= 4 is 11.6 Å². The van der Waals surface area contributed by atoms with Crippen molar-refractivity contribution in [1.29, 1.82) is 0 Å². The zero-order valence-corrected chi connectivity index (χ0v) is 15.1. The maximum atomic E-state index is 12.3. The Labute approximate surface area is 141 Å². The molecule has 0 bridgehead atoms. The second-order valence-electron chi connectivity index (χ2n) is 7.44. The number of hydrogen-bond acceptors (Lipinski definition) is 2. The molecule has 0 aromatic heterocycles. The van der Waals surface area contributed by atoms with Gasteiger partial charge in [-0.25, -0.2) is 0 Å². The molecule has 1 fully saturated rings. The minimum atomic E-state index is 0.155. The van der Waals surface area contributed by atoms with Crippen molar-refractivity contribution in [2.45, 2.75) is 65.2 Å². The summed E-state index contributed by atoms with van der Waals surface area (Å²) in [5.41, 5.74) is 3.56. The highest BCUT2D eigenvalue weighted by atomic mass is 16.1. The first-order chi connectivity index (χ1) is 11.0. The first-order valence-electron chi connectivity index (χ1n) is 9.11. The molecular formula is C20H32N2O. The molecule has 23 heavy (non-hydrogen) atoms. The van der Waals surface area contributed by atoms with Gasteiger partial charge in [0.2, 0.25) is 5.91 Å². The second kappa shape index (κ2) is 8.49. The van der Waals surface area contributed by atoms with Crippen LogP contribution in [0.25, 0.3) is 0 Å². The van der Waals surface area contributed by atoms with Crippen molar-refractivity contribution in [2.24, 2.45) is 5.92 Å². The minimum Gasteiger partial charge on any atom is -0.326 e. The van der Waals surface area contributed by atoms with Crippen LogP contribution < -0.4 is 10.6 Å². The summed E-state index contributed by atoms with van der Waals surface area (Å²) in [7, 11) is 0. The van der Waals surface area contributed by atoms with E-state index in [9.17, 15) is 4.79 Å². The van der Waals surface area contributed by atoms with Gasteiger partial charge in [-0.2, -0.15) is 0 Å². The smallest absolute Gasteiger partial charge is 0.224 e. The maximum Gasteiger partial charge on any atom is 0.224 e. The van der Waals surface area contributed by atoms with Gasteiger partial charge in [0.1, 0.15) is 0 Å². The number of hydrogen-bond donors (Lipinski definition) is 2. The number of carbonyl (C=O) groups excluding carboxylic acids is 1. The molecule has 0 saturated carbocycles. The number of amides is 1. The molecule has 1 aromatic carbocycles. The molecule has 2 rings (SSSR count). The Morgan fingerprint density at radius 1 is 1.17 bits per heavy atom. The lowest BCUT2D eigenvalue weighted by atomic mass is 9.92. The fourth-order valence-corrected chi connectivity index (χ4v) is 3.25. The van der Waals surface area contributed by atoms with Crippen LogP contribution in [0.15, 0.2) is 18.2 Å². The van der Waals surface area contributed by atoms with Crippen molar-refractivity contribution in [3.05, 3.63) is 29.3 Å². The van der Waals surface area contributed by atoms with Gasteiger partial charge in [-0.05, 0) is 67.3 Å². The molecule has 0 spiro atoms. The van der Waals surface area contributed by atoms with E-state index in [1.807, 2.05) is 0 Å². The summed E-state index contributed by atoms with van der Waals surface area (Å²) in [4.78, 5) is 12.3. The molecule has 0 unspecified atom stereocenters. The standard InChI is InChI=1S/C20H32N2O/c1-14(2)17-6-7-19(18(13-17)15(3)4)22-20(23)8-5-16-9-11-21-12-10-16/h6-7,13-16,21H,5,8-12H2,1-4H3,(H,22,23). The van der Waals surface area contributed by atoms with Crippen molar-refractivity contribution in [2.75, 3.05) is 18.4 Å². The van der Waals surface area contributed by atoms with Crippen LogP contribution in [-0.2, 0) is 4.79 Å². The van der Waals surface area contributed by atoms with E-state index in [1.54, 1.807) is 0 Å². The van der Waals surface area contributed by atoms with E-state index < -0.39 is 0 Å². The highest BCUT2D eigenvalue weighted by Crippen LogP contribution is 2.29. The molecule has 1 aliphatic rings. The minimum absolute atomic E-state index is 0.155. The van der Waals surface area contributed by atoms with Crippen molar-refractivity contribution in [3.63, 3.8) is 0 Å². The number of benzene rings is 1. The zero-order valence-electron chi connectivity index (χ0n) is 15.1. The quantitative estimate of drug-likeness (QED) is 0.802. The van der Waals surface area contributed by atoms with Crippen LogP contribution in [0.3, 0.4) is 0 Å². The summed E-state index contributed by atoms with van der Waals surface area (Å²) in [6.45, 7) is 11.0. The fraction of sp³-hybridized carbons (Fsp3) is 0.650. The van der Waals surface area contributed by atoms with E-state index in [2.05, 4.69) is 56.5 Å². The first kappa shape index (κ1) is 18.0. The van der Waals surface area contributed by atoms with Crippen molar-refractivity contribution in [1.82, 2.24) is 5.32 Å². The average Bonchev–Trinajstić information content (AvgIpc) is 2.54. The number of piperidine rings is 1. The van der Waals surface area contributed by atoms with Crippen LogP contribution in [0.5, 0.6) is 0 Å². The molecule has 0 aliphatic carbocycles. The Morgan fingerprint density at radius 3 is 2.48 bits per heavy atom. The Hall–Kier alpha value is -1.35. The van der Waals surface area contributed by atoms with Gasteiger partial charge in [-0.1, -0.05) is 39.8 Å². The van der Waals surface area contributed by atoms with Gasteiger partial charge >= 0.3 is 0 Å². The molecule has 2 N–H and O–H groups in total. The summed E-state index contributed by atoms with van der Waals surface area (Å²) in [5.74, 6) is 1.78. The largest absolute Gasteiger partial charge is 0.326 e. The summed E-state index contributed by atoms with van der Waals surface area (Å²) >= 11 is 0. The monoisotopic (exact) mass is 316 g/mol. The molecule has 1 aliphatic heterocycles. The van der Waals surface area contributed by atoms with Crippen LogP contribution in [0.1, 0.15) is 76.3 Å². The molecule has 1 amide bonds. The first-order valence-corrected chi connectivity index (χ1v) is 9.11. The van der Waals surface area contributed by atoms with E-state index in [0.717, 1.165) is 25.2 Å². The molecule has 1 aromatic rings. The lowest BCUT2D eigenvalue weighted by Gasteiger charge is -2.22. The second-order valence-corrected chi connectivity index (χ2v) is 7.44. The van der Waals surface area contributed by atoms with Gasteiger partial charge in [0.05, 0.1) is 0 Å². The molecule has 3 nitrogen and oxygen atoms in total. The Morgan fingerprint density at radius 2 is 1.87 bits per heavy atom. The Balaban J connectivity index is 1.96. The topological polar surface area (TPSA) is 41.1 Å². The van der Waals surface area contributed by atoms with Crippen LogP contribution in [0.2, 0.25) is 0 Å². The van der Waals surface area contributed by atoms with E-state index in [1.165, 1.54) is 24.0 Å². The van der Waals surface area contributed by atoms with Gasteiger partial charge in [-0.3, -0.25) is 4.79 Å². The molecule has 1 saturated heterocycles. The van der Waals surface area contributed by atoms with Gasteiger partial charge in [-0.15, -0.1) is 0 Å². The summed E-state index contributed by atoms with van der Waals surface area (Å²) in [6, 6.07) is 6.46. The molecule has 128 valence electrons. The van der Waals surface area contributed by atoms with E-state index in [-0.39, 0.29) is 5.91 Å². The molecule has 3 heteroatoms. The van der Waals surface area contributed by atoms with Crippen LogP contribution in [0.4, 0.5) is 5.69 Å². The number of anilines is 1. The van der Waals surface area contributed by atoms with E-state index in [0.29, 0.717) is 24.2 Å². The van der Waals surface area contributed by atoms with Crippen LogP contribution in [-0.4, -0.2) is 19.0 Å². The highest BCUT2D eigenvalue weighted by molar-refractivity contribution is 5.91. The SMILES string of the molecule is CC(C)c1ccc(NC(=O)CCC2CCNCC2)c(C(C)C)c1. The predicted octanol–water partition coefficient (Wildman–Crippen LogP) is 4.65. The Kier molecular flexibility index (Phi) is 6.64. The maximum absolute atomic E-state index is 12.3.